The van der Waals surface area contributed by atoms with E-state index in [-0.39, 0.29) is 36.4 Å². The number of sulfonamides is 1. The Morgan fingerprint density at radius 3 is 2.70 bits per heavy atom. The van der Waals surface area contributed by atoms with Crippen LogP contribution in [0.15, 0.2) is 48.6 Å². The first-order valence-electron chi connectivity index (χ1n) is 20.4. The van der Waals surface area contributed by atoms with E-state index in [0.29, 0.717) is 68.9 Å². The molecule has 0 radical (unpaired) electrons. The monoisotopic (exact) mass is 834 g/mol. The average Bonchev–Trinajstić information content (AvgIpc) is 3.31. The summed E-state index contributed by atoms with van der Waals surface area (Å²) in [6.07, 6.45) is 3.47. The summed E-state index contributed by atoms with van der Waals surface area (Å²) < 4.78 is 91.1. The minimum absolute atomic E-state index is 0.0550. The fourth-order valence-electron chi connectivity index (χ4n) is 10.2. The van der Waals surface area contributed by atoms with E-state index in [1.165, 1.54) is 5.56 Å². The predicted molar refractivity (Wildman–Crippen MR) is 213 cm³/mol. The van der Waals surface area contributed by atoms with E-state index in [4.69, 9.17) is 25.8 Å². The molecule has 2 aromatic rings. The predicted octanol–water partition coefficient (Wildman–Crippen LogP) is 6.22. The number of carbonyl (C=O) groups excluding carboxylic acids is 1. The van der Waals surface area contributed by atoms with Crippen LogP contribution < -0.4 is 14.4 Å². The molecule has 10 nitrogen and oxygen atoms in total. The lowest BCUT2D eigenvalue weighted by Crippen LogP contribution is -2.63. The highest BCUT2D eigenvalue weighted by molar-refractivity contribution is 7.90. The van der Waals surface area contributed by atoms with Crippen LogP contribution in [0.4, 0.5) is 18.9 Å². The molecule has 0 aromatic heterocycles. The molecular weight excluding hydrogens is 781 g/mol. The Morgan fingerprint density at radius 2 is 1.91 bits per heavy atom. The van der Waals surface area contributed by atoms with E-state index in [2.05, 4.69) is 25.5 Å². The van der Waals surface area contributed by atoms with Crippen molar-refractivity contribution in [2.45, 2.75) is 80.9 Å². The maximum absolute atomic E-state index is 14.2. The Hall–Kier alpha value is -2.88. The summed E-state index contributed by atoms with van der Waals surface area (Å²) in [5.74, 6) is -0.937. The number of morpholine rings is 1. The fraction of sp³-hybridized carbons (Fsp3) is 0.643. The second-order valence-electron chi connectivity index (χ2n) is 17.4. The van der Waals surface area contributed by atoms with Crippen LogP contribution in [0.25, 0.3) is 0 Å². The lowest BCUT2D eigenvalue weighted by atomic mass is 9.63. The first kappa shape index (κ1) is 40.9. The van der Waals surface area contributed by atoms with Crippen molar-refractivity contribution in [2.24, 2.45) is 17.8 Å². The normalized spacial score (nSPS) is 34.1. The number of hydrogen-bond donors (Lipinski definition) is 1. The molecule has 2 aliphatic carbocycles. The number of nitrogens with zero attached hydrogens (tertiary/aromatic N) is 3. The third-order valence-corrected chi connectivity index (χ3v) is 15.9. The molecule has 2 saturated heterocycles. The molecule has 7 atom stereocenters. The second-order valence-corrected chi connectivity index (χ2v) is 19.9. The number of carbonyl (C=O) groups is 1. The Morgan fingerprint density at radius 1 is 1.07 bits per heavy atom. The quantitative estimate of drug-likeness (QED) is 0.361. The minimum Gasteiger partial charge on any atom is -0.490 e. The molecule has 1 spiro atoms. The highest BCUT2D eigenvalue weighted by atomic mass is 35.5. The van der Waals surface area contributed by atoms with Crippen LogP contribution in [0, 0.1) is 17.8 Å². The first-order chi connectivity index (χ1) is 27.1. The molecule has 4 aliphatic heterocycles. The summed E-state index contributed by atoms with van der Waals surface area (Å²) in [7, 11) is -4.13. The Labute approximate surface area is 339 Å². The van der Waals surface area contributed by atoms with Crippen molar-refractivity contribution in [3.05, 3.63) is 70.3 Å². The van der Waals surface area contributed by atoms with Crippen LogP contribution in [0.5, 0.6) is 5.75 Å². The van der Waals surface area contributed by atoms with Crippen LogP contribution in [0.3, 0.4) is 0 Å². The number of amides is 1. The van der Waals surface area contributed by atoms with Crippen LogP contribution in [0.2, 0.25) is 5.02 Å². The van der Waals surface area contributed by atoms with E-state index in [0.717, 1.165) is 44.3 Å². The molecule has 3 fully saturated rings. The molecule has 6 aliphatic rings. The van der Waals surface area contributed by atoms with Crippen molar-refractivity contribution in [3.8, 4) is 5.75 Å². The molecule has 1 amide bonds. The van der Waals surface area contributed by atoms with Gasteiger partial charge in [0.25, 0.3) is 5.91 Å². The van der Waals surface area contributed by atoms with E-state index in [9.17, 15) is 26.4 Å². The lowest BCUT2D eigenvalue weighted by molar-refractivity contribution is -0.219. The van der Waals surface area contributed by atoms with Crippen LogP contribution in [-0.4, -0.2) is 119 Å². The van der Waals surface area contributed by atoms with Crippen LogP contribution in [0.1, 0.15) is 67.4 Å². The number of benzene rings is 2. The van der Waals surface area contributed by atoms with Crippen molar-refractivity contribution >= 4 is 33.2 Å². The maximum atomic E-state index is 14.2. The average molecular weight is 835 g/mol. The standard InChI is InChI=1S/C42H54ClF3N4O6S/c1-28-5-3-14-41(56-27-42(44,45)46,25-48-15-16-49-17-18-54-23-34(49)22-48)36-10-7-32(36)21-50-24-40(13-4-6-30-19-33(43)9-11-35(30)40)26-55-38-12-8-31(20-37(38)50)39(51)47-57(52,53)29(28)2/h3,8-9,11-12,14,19-20,28-29,32,34,36H,4-7,10,13,15-18,21-27H2,1-2H3,(H,47,51)/b14-3-/t28-,29+,32-,34-,36+,40-,41-/m0/s1. The summed E-state index contributed by atoms with van der Waals surface area (Å²) in [6, 6.07) is 11.2. The number of hydrogen-bond acceptors (Lipinski definition) is 9. The van der Waals surface area contributed by atoms with Gasteiger partial charge in [0, 0.05) is 67.9 Å². The third kappa shape index (κ3) is 8.46. The van der Waals surface area contributed by atoms with Gasteiger partial charge in [-0.1, -0.05) is 36.7 Å². The molecule has 2 aromatic carbocycles. The van der Waals surface area contributed by atoms with E-state index in [1.807, 2.05) is 24.3 Å². The van der Waals surface area contributed by atoms with Gasteiger partial charge in [-0.15, -0.1) is 0 Å². The lowest BCUT2D eigenvalue weighted by Gasteiger charge is -2.53. The minimum atomic E-state index is -4.56. The van der Waals surface area contributed by atoms with E-state index < -0.39 is 50.9 Å². The van der Waals surface area contributed by atoms with Gasteiger partial charge < -0.3 is 19.1 Å². The van der Waals surface area contributed by atoms with Gasteiger partial charge in [-0.05, 0) is 105 Å². The van der Waals surface area contributed by atoms with Gasteiger partial charge in [-0.2, -0.15) is 13.2 Å². The van der Waals surface area contributed by atoms with Gasteiger partial charge >= 0.3 is 6.18 Å². The largest absolute Gasteiger partial charge is 0.490 e. The zero-order valence-electron chi connectivity index (χ0n) is 32.7. The molecule has 0 unspecified atom stereocenters. The number of aryl methyl sites for hydroxylation is 1. The molecule has 15 heteroatoms. The molecule has 1 saturated carbocycles. The SMILES string of the molecule is C[C@@H]1[C@@H](C)C/C=C\[C@@](CN2CCN3CCOC[C@@H]3C2)(OCC(F)(F)F)[C@@H]2CC[C@H]2CN2C[C@@]3(CCCc4cc(Cl)ccc43)COc3ccc(cc32)C(=O)NS1(=O)=O. The van der Waals surface area contributed by atoms with Crippen molar-refractivity contribution < 1.29 is 40.6 Å². The number of piperazine rings is 1. The van der Waals surface area contributed by atoms with E-state index >= 15 is 0 Å². The number of nitrogens with one attached hydrogen (secondary N) is 1. The van der Waals surface area contributed by atoms with Gasteiger partial charge in [0.05, 0.1) is 30.8 Å². The number of alkyl halides is 3. The molecule has 4 heterocycles. The number of rotatable bonds is 4. The molecule has 57 heavy (non-hydrogen) atoms. The first-order valence-corrected chi connectivity index (χ1v) is 22.4. The third-order valence-electron chi connectivity index (χ3n) is 13.7. The van der Waals surface area contributed by atoms with Gasteiger partial charge in [0.1, 0.15) is 18.0 Å². The molecular formula is C42H54ClF3N4O6S. The zero-order chi connectivity index (χ0) is 40.2. The smallest absolute Gasteiger partial charge is 0.411 e. The summed E-state index contributed by atoms with van der Waals surface area (Å²) in [5, 5.41) is -0.304. The summed E-state index contributed by atoms with van der Waals surface area (Å²) in [6.45, 7) is 7.82. The van der Waals surface area contributed by atoms with Crippen molar-refractivity contribution in [3.63, 3.8) is 0 Å². The molecule has 312 valence electrons. The highest BCUT2D eigenvalue weighted by Crippen LogP contribution is 2.50. The summed E-state index contributed by atoms with van der Waals surface area (Å²) in [5.41, 5.74) is 1.43. The highest BCUT2D eigenvalue weighted by Gasteiger charge is 2.52. The molecule has 8 rings (SSSR count). The van der Waals surface area contributed by atoms with Crippen molar-refractivity contribution in [1.29, 1.82) is 0 Å². The van der Waals surface area contributed by atoms with Gasteiger partial charge in [0.2, 0.25) is 10.0 Å². The summed E-state index contributed by atoms with van der Waals surface area (Å²) >= 11 is 6.48. The van der Waals surface area contributed by atoms with Gasteiger partial charge in [0.15, 0.2) is 0 Å². The molecule has 1 N–H and O–H groups in total. The Balaban J connectivity index is 1.22. The number of allylic oxidation sites excluding steroid dienone is 1. The van der Waals surface area contributed by atoms with E-state index in [1.54, 1.807) is 32.0 Å². The van der Waals surface area contributed by atoms with Crippen LogP contribution >= 0.6 is 11.6 Å². The zero-order valence-corrected chi connectivity index (χ0v) is 34.3. The Kier molecular flexibility index (Phi) is 11.4. The van der Waals surface area contributed by atoms with Gasteiger partial charge in [-0.25, -0.2) is 13.1 Å². The maximum Gasteiger partial charge on any atom is 0.411 e. The summed E-state index contributed by atoms with van der Waals surface area (Å²) in [4.78, 5) is 20.5. The fourth-order valence-corrected chi connectivity index (χ4v) is 11.7. The van der Waals surface area contributed by atoms with Crippen molar-refractivity contribution in [1.82, 2.24) is 14.5 Å². The number of fused-ring (bicyclic) bond motifs is 5. The topological polar surface area (TPSA) is 101 Å². The number of anilines is 1. The second kappa shape index (κ2) is 15.9. The molecule has 2 bridgehead atoms. The van der Waals surface area contributed by atoms with Crippen LogP contribution in [-0.2, 0) is 31.3 Å². The Bertz CT molecular complexity index is 1970. The van der Waals surface area contributed by atoms with Crippen molar-refractivity contribution in [2.75, 3.05) is 77.1 Å². The number of halogens is 4. The number of ether oxygens (including phenoxy) is 3. The van der Waals surface area contributed by atoms with Gasteiger partial charge in [-0.3, -0.25) is 14.6 Å².